The van der Waals surface area contributed by atoms with Crippen molar-refractivity contribution in [1.82, 2.24) is 19.3 Å². The number of hydrogen-bond donors (Lipinski definition) is 1. The lowest BCUT2D eigenvalue weighted by Crippen LogP contribution is -2.51. The van der Waals surface area contributed by atoms with Gasteiger partial charge in [0.15, 0.2) is 0 Å². The summed E-state index contributed by atoms with van der Waals surface area (Å²) in [5, 5.41) is 4.52. The quantitative estimate of drug-likeness (QED) is 0.261. The highest BCUT2D eigenvalue weighted by Crippen LogP contribution is 2.33. The number of anilines is 1. The van der Waals surface area contributed by atoms with Gasteiger partial charge in [0.2, 0.25) is 5.91 Å². The number of benzene rings is 2. The Morgan fingerprint density at radius 1 is 1.00 bits per heavy atom. The monoisotopic (exact) mass is 697 g/mol. The van der Waals surface area contributed by atoms with Gasteiger partial charge >= 0.3 is 0 Å². The normalized spacial score (nSPS) is 24.0. The Morgan fingerprint density at radius 2 is 1.75 bits per heavy atom. The van der Waals surface area contributed by atoms with E-state index < -0.39 is 0 Å². The fourth-order valence-electron chi connectivity index (χ4n) is 7.63. The second-order valence-corrected chi connectivity index (χ2v) is 14.7. The van der Waals surface area contributed by atoms with Gasteiger partial charge in [-0.15, -0.1) is 0 Å². The molecule has 0 bridgehead atoms. The number of para-hydroxylation sites is 1. The number of hydrogen-bond acceptors (Lipinski definition) is 6. The van der Waals surface area contributed by atoms with E-state index in [-0.39, 0.29) is 30.4 Å². The summed E-state index contributed by atoms with van der Waals surface area (Å²) in [4.78, 5) is 34.3. The van der Waals surface area contributed by atoms with Crippen LogP contribution in [-0.4, -0.2) is 109 Å². The van der Waals surface area contributed by atoms with Crippen LogP contribution in [0.25, 0.3) is 10.9 Å². The number of ether oxygens (including phenoxy) is 2. The van der Waals surface area contributed by atoms with E-state index in [0.29, 0.717) is 46.1 Å². The summed E-state index contributed by atoms with van der Waals surface area (Å²) in [7, 11) is 3.66. The molecule has 2 amide bonds. The van der Waals surface area contributed by atoms with Gasteiger partial charge in [0.05, 0.1) is 48.1 Å². The Balaban J connectivity index is 1.12. The Morgan fingerprint density at radius 3 is 2.50 bits per heavy atom. The standard InChI is InChI=1S/C37H49Cl2N5O4/c1-25-8-10-29(11-9-25)48-24-28-20-27(43-14-12-42(13-15-43)16-17-47-3)22-44(28)36(45)19-26-18-33(39)34(21-32(26)38)40-37(46)31-23-41(2)35-7-5-4-6-30(31)35/h4-7,18,21,23,25,27-29H,8-17,19-20,22,24H2,1-3H3,(H,40,46)/t25?,27-,28-,29?/m0/s1. The van der Waals surface area contributed by atoms with E-state index in [4.69, 9.17) is 32.7 Å². The highest BCUT2D eigenvalue weighted by atomic mass is 35.5. The zero-order chi connectivity index (χ0) is 33.8. The minimum atomic E-state index is -0.272. The molecule has 2 aromatic carbocycles. The highest BCUT2D eigenvalue weighted by molar-refractivity contribution is 6.36. The molecule has 48 heavy (non-hydrogen) atoms. The molecule has 0 radical (unpaired) electrons. The van der Waals surface area contributed by atoms with Gasteiger partial charge in [0, 0.05) is 81.6 Å². The number of nitrogens with one attached hydrogen (secondary N) is 1. The predicted molar refractivity (Wildman–Crippen MR) is 192 cm³/mol. The van der Waals surface area contributed by atoms with E-state index in [0.717, 1.165) is 75.4 Å². The lowest BCUT2D eigenvalue weighted by molar-refractivity contribution is -0.133. The van der Waals surface area contributed by atoms with E-state index in [1.165, 1.54) is 12.8 Å². The molecule has 6 rings (SSSR count). The van der Waals surface area contributed by atoms with E-state index in [9.17, 15) is 9.59 Å². The van der Waals surface area contributed by atoms with E-state index in [2.05, 4.69) is 22.0 Å². The molecule has 2 aliphatic heterocycles. The minimum absolute atomic E-state index is 0.0156. The fraction of sp³-hybridized carbons (Fsp3) is 0.568. The molecular formula is C37H49Cl2N5O4. The maximum atomic E-state index is 14.0. The molecule has 1 aliphatic carbocycles. The third-order valence-corrected chi connectivity index (χ3v) is 11.3. The Hall–Kier alpha value is -2.66. The first-order valence-electron chi connectivity index (χ1n) is 17.4. The van der Waals surface area contributed by atoms with Gasteiger partial charge in [0.1, 0.15) is 0 Å². The van der Waals surface area contributed by atoms with Crippen molar-refractivity contribution < 1.29 is 19.1 Å². The molecule has 260 valence electrons. The zero-order valence-electron chi connectivity index (χ0n) is 28.4. The van der Waals surface area contributed by atoms with Crippen molar-refractivity contribution in [3.8, 4) is 0 Å². The molecule has 3 heterocycles. The number of rotatable bonds is 11. The molecule has 3 aliphatic rings. The Bertz CT molecular complexity index is 1580. The molecule has 0 unspecified atom stereocenters. The van der Waals surface area contributed by atoms with Crippen LogP contribution in [-0.2, 0) is 27.7 Å². The topological polar surface area (TPSA) is 79.3 Å². The number of nitrogens with zero attached hydrogens (tertiary/aromatic N) is 4. The number of piperazine rings is 1. The number of likely N-dealkylation sites (tertiary alicyclic amines) is 1. The van der Waals surface area contributed by atoms with Crippen LogP contribution in [0.1, 0.15) is 54.9 Å². The fourth-order valence-corrected chi connectivity index (χ4v) is 8.10. The van der Waals surface area contributed by atoms with Gasteiger partial charge in [0.25, 0.3) is 5.91 Å². The minimum Gasteiger partial charge on any atom is -0.383 e. The van der Waals surface area contributed by atoms with Crippen molar-refractivity contribution in [1.29, 1.82) is 0 Å². The van der Waals surface area contributed by atoms with Crippen molar-refractivity contribution in [2.24, 2.45) is 13.0 Å². The molecule has 1 saturated carbocycles. The number of methoxy groups -OCH3 is 1. The van der Waals surface area contributed by atoms with E-state index >= 15 is 0 Å². The summed E-state index contributed by atoms with van der Waals surface area (Å²) < 4.78 is 13.7. The molecule has 0 spiro atoms. The van der Waals surface area contributed by atoms with Crippen LogP contribution in [0.4, 0.5) is 5.69 Å². The molecular weight excluding hydrogens is 649 g/mol. The second-order valence-electron chi connectivity index (χ2n) is 13.9. The number of aromatic nitrogens is 1. The van der Waals surface area contributed by atoms with Gasteiger partial charge in [-0.25, -0.2) is 0 Å². The Labute approximate surface area is 294 Å². The van der Waals surface area contributed by atoms with E-state index in [1.54, 1.807) is 19.2 Å². The number of aryl methyl sites for hydroxylation is 1. The SMILES string of the molecule is COCCN1CCN([C@H]2C[C@@H](COC3CCC(C)CC3)N(C(=O)Cc3cc(Cl)c(NC(=O)c4cn(C)c5ccccc45)cc3Cl)C2)CC1. The first-order chi connectivity index (χ1) is 23.2. The molecule has 2 saturated heterocycles. The second kappa shape index (κ2) is 15.9. The van der Waals surface area contributed by atoms with Gasteiger partial charge in [-0.1, -0.05) is 48.3 Å². The maximum Gasteiger partial charge on any atom is 0.257 e. The summed E-state index contributed by atoms with van der Waals surface area (Å²) in [5.41, 5.74) is 2.57. The van der Waals surface area contributed by atoms with Crippen LogP contribution in [0.5, 0.6) is 0 Å². The molecule has 1 N–H and O–H groups in total. The average Bonchev–Trinajstić information content (AvgIpc) is 3.67. The van der Waals surface area contributed by atoms with Crippen molar-refractivity contribution in [3.63, 3.8) is 0 Å². The van der Waals surface area contributed by atoms with Crippen LogP contribution in [0.3, 0.4) is 0 Å². The number of amides is 2. The smallest absolute Gasteiger partial charge is 0.257 e. The number of carbonyl (C=O) groups excluding carboxylic acids is 2. The maximum absolute atomic E-state index is 14.0. The summed E-state index contributed by atoms with van der Waals surface area (Å²) in [6.45, 7) is 9.23. The molecule has 3 aromatic rings. The van der Waals surface area contributed by atoms with Crippen LogP contribution in [0.15, 0.2) is 42.6 Å². The molecule has 1 aromatic heterocycles. The largest absolute Gasteiger partial charge is 0.383 e. The van der Waals surface area contributed by atoms with E-state index in [1.807, 2.05) is 47.0 Å². The number of halogens is 2. The Kier molecular flexibility index (Phi) is 11.7. The van der Waals surface area contributed by atoms with Crippen LogP contribution in [0.2, 0.25) is 10.0 Å². The summed E-state index contributed by atoms with van der Waals surface area (Å²) in [6, 6.07) is 11.4. The lowest BCUT2D eigenvalue weighted by atomic mass is 9.89. The van der Waals surface area contributed by atoms with Crippen molar-refractivity contribution in [3.05, 3.63) is 63.8 Å². The molecule has 3 fully saturated rings. The van der Waals surface area contributed by atoms with Gasteiger partial charge in [-0.2, -0.15) is 0 Å². The van der Waals surface area contributed by atoms with Crippen LogP contribution < -0.4 is 5.32 Å². The van der Waals surface area contributed by atoms with Gasteiger partial charge in [-0.05, 0) is 61.8 Å². The van der Waals surface area contributed by atoms with Crippen molar-refractivity contribution in [2.45, 2.75) is 63.6 Å². The summed E-state index contributed by atoms with van der Waals surface area (Å²) >= 11 is 13.5. The molecule has 11 heteroatoms. The predicted octanol–water partition coefficient (Wildman–Crippen LogP) is 6.11. The van der Waals surface area contributed by atoms with Crippen LogP contribution >= 0.6 is 23.2 Å². The third-order valence-electron chi connectivity index (χ3n) is 10.6. The van der Waals surface area contributed by atoms with Crippen LogP contribution in [0, 0.1) is 5.92 Å². The lowest BCUT2D eigenvalue weighted by Gasteiger charge is -2.37. The zero-order valence-corrected chi connectivity index (χ0v) is 29.9. The number of fused-ring (bicyclic) bond motifs is 1. The first-order valence-corrected chi connectivity index (χ1v) is 18.2. The molecule has 2 atom stereocenters. The van der Waals surface area contributed by atoms with Crippen molar-refractivity contribution in [2.75, 3.05) is 64.9 Å². The number of carbonyl (C=O) groups is 2. The summed E-state index contributed by atoms with van der Waals surface area (Å²) in [5.74, 6) is 0.509. The third kappa shape index (κ3) is 8.20. The van der Waals surface area contributed by atoms with Crippen molar-refractivity contribution >= 4 is 51.6 Å². The molecule has 9 nitrogen and oxygen atoms in total. The first kappa shape index (κ1) is 35.2. The van der Waals surface area contributed by atoms with Gasteiger partial charge in [-0.3, -0.25) is 19.4 Å². The highest BCUT2D eigenvalue weighted by Gasteiger charge is 2.39. The summed E-state index contributed by atoms with van der Waals surface area (Å²) in [6.07, 6.45) is 7.69. The average molecular weight is 699 g/mol. The van der Waals surface area contributed by atoms with Gasteiger partial charge < -0.3 is 24.3 Å².